The Bertz CT molecular complexity index is 551. The first-order valence-corrected chi connectivity index (χ1v) is 5.17. The molecule has 0 aliphatic carbocycles. The lowest BCUT2D eigenvalue weighted by Gasteiger charge is -2.19. The maximum absolute atomic E-state index is 5.04. The molecule has 0 spiro atoms. The molecule has 15 heavy (non-hydrogen) atoms. The SMILES string of the molecule is S=C1NCc2cc3ccccc3nc2N1. The molecule has 0 radical (unpaired) electrons. The fourth-order valence-electron chi connectivity index (χ4n) is 1.73. The van der Waals surface area contributed by atoms with E-state index in [0.717, 1.165) is 28.8 Å². The van der Waals surface area contributed by atoms with Gasteiger partial charge in [-0.05, 0) is 24.4 Å². The first-order valence-electron chi connectivity index (χ1n) is 4.76. The van der Waals surface area contributed by atoms with E-state index in [1.807, 2.05) is 18.2 Å². The van der Waals surface area contributed by atoms with Crippen molar-refractivity contribution in [3.8, 4) is 0 Å². The van der Waals surface area contributed by atoms with E-state index >= 15 is 0 Å². The van der Waals surface area contributed by atoms with Gasteiger partial charge in [0.25, 0.3) is 0 Å². The molecule has 2 aromatic rings. The zero-order valence-corrected chi connectivity index (χ0v) is 8.77. The van der Waals surface area contributed by atoms with Crippen LogP contribution in [0.2, 0.25) is 0 Å². The Labute approximate surface area is 92.5 Å². The van der Waals surface area contributed by atoms with Crippen molar-refractivity contribution in [3.05, 3.63) is 35.9 Å². The number of pyridine rings is 1. The van der Waals surface area contributed by atoms with Gasteiger partial charge in [0.2, 0.25) is 0 Å². The third-order valence-electron chi connectivity index (χ3n) is 2.47. The topological polar surface area (TPSA) is 37.0 Å². The number of rotatable bonds is 0. The Morgan fingerprint density at radius 1 is 1.27 bits per heavy atom. The van der Waals surface area contributed by atoms with Gasteiger partial charge in [-0.2, -0.15) is 0 Å². The predicted molar refractivity (Wildman–Crippen MR) is 64.8 cm³/mol. The highest BCUT2D eigenvalue weighted by Gasteiger charge is 2.12. The minimum absolute atomic E-state index is 0.644. The van der Waals surface area contributed by atoms with Gasteiger partial charge in [-0.1, -0.05) is 18.2 Å². The van der Waals surface area contributed by atoms with Crippen LogP contribution in [0, 0.1) is 0 Å². The lowest BCUT2D eigenvalue weighted by molar-refractivity contribution is 0.901. The van der Waals surface area contributed by atoms with Gasteiger partial charge in [-0.15, -0.1) is 0 Å². The van der Waals surface area contributed by atoms with Crippen LogP contribution in [0.1, 0.15) is 5.56 Å². The number of fused-ring (bicyclic) bond motifs is 2. The van der Waals surface area contributed by atoms with Crippen molar-refractivity contribution >= 4 is 34.1 Å². The molecule has 4 heteroatoms. The molecule has 0 bridgehead atoms. The summed E-state index contributed by atoms with van der Waals surface area (Å²) >= 11 is 5.04. The summed E-state index contributed by atoms with van der Waals surface area (Å²) in [4.78, 5) is 4.53. The highest BCUT2D eigenvalue weighted by Crippen LogP contribution is 2.22. The van der Waals surface area contributed by atoms with Crippen LogP contribution in [0.15, 0.2) is 30.3 Å². The second-order valence-electron chi connectivity index (χ2n) is 3.50. The van der Waals surface area contributed by atoms with Crippen LogP contribution >= 0.6 is 12.2 Å². The van der Waals surface area contributed by atoms with Gasteiger partial charge in [0.15, 0.2) is 5.11 Å². The van der Waals surface area contributed by atoms with E-state index in [4.69, 9.17) is 12.2 Å². The van der Waals surface area contributed by atoms with E-state index in [1.54, 1.807) is 0 Å². The average Bonchev–Trinajstić information content (AvgIpc) is 2.26. The van der Waals surface area contributed by atoms with E-state index in [-0.39, 0.29) is 0 Å². The van der Waals surface area contributed by atoms with Crippen LogP contribution in [0.4, 0.5) is 5.82 Å². The smallest absolute Gasteiger partial charge is 0.172 e. The Morgan fingerprint density at radius 3 is 3.07 bits per heavy atom. The standard InChI is InChI=1S/C11H9N3S/c15-11-12-6-8-5-7-3-1-2-4-9(7)13-10(8)14-11/h1-5H,6H2,(H2,12,13,14,15). The van der Waals surface area contributed by atoms with Crippen LogP contribution in [0.3, 0.4) is 0 Å². The monoisotopic (exact) mass is 215 g/mol. The second-order valence-corrected chi connectivity index (χ2v) is 3.90. The van der Waals surface area contributed by atoms with E-state index in [1.165, 1.54) is 0 Å². The highest BCUT2D eigenvalue weighted by molar-refractivity contribution is 7.80. The van der Waals surface area contributed by atoms with E-state index in [0.29, 0.717) is 5.11 Å². The molecule has 0 atom stereocenters. The number of nitrogens with one attached hydrogen (secondary N) is 2. The summed E-state index contributed by atoms with van der Waals surface area (Å²) in [6, 6.07) is 10.2. The molecular formula is C11H9N3S. The third-order valence-corrected chi connectivity index (χ3v) is 2.72. The molecule has 1 aromatic carbocycles. The number of nitrogens with zero attached hydrogens (tertiary/aromatic N) is 1. The number of para-hydroxylation sites is 1. The van der Waals surface area contributed by atoms with E-state index < -0.39 is 0 Å². The Hall–Kier alpha value is -1.68. The van der Waals surface area contributed by atoms with Crippen molar-refractivity contribution in [1.82, 2.24) is 10.3 Å². The minimum atomic E-state index is 0.644. The van der Waals surface area contributed by atoms with E-state index in [2.05, 4.69) is 27.8 Å². The van der Waals surface area contributed by atoms with Crippen molar-refractivity contribution < 1.29 is 0 Å². The average molecular weight is 215 g/mol. The Balaban J connectivity index is 2.24. The fraction of sp³-hybridized carbons (Fsp3) is 0.0909. The largest absolute Gasteiger partial charge is 0.358 e. The number of hydrogen-bond donors (Lipinski definition) is 2. The van der Waals surface area contributed by atoms with Crippen LogP contribution in [-0.4, -0.2) is 10.1 Å². The van der Waals surface area contributed by atoms with Gasteiger partial charge >= 0.3 is 0 Å². The van der Waals surface area contributed by atoms with Gasteiger partial charge in [0.05, 0.1) is 5.52 Å². The Kier molecular flexibility index (Phi) is 1.82. The summed E-state index contributed by atoms with van der Waals surface area (Å²) < 4.78 is 0. The molecule has 0 saturated heterocycles. The van der Waals surface area contributed by atoms with Gasteiger partial charge < -0.3 is 10.6 Å². The maximum atomic E-state index is 5.04. The second kappa shape index (κ2) is 3.17. The lowest BCUT2D eigenvalue weighted by Crippen LogP contribution is -2.33. The summed E-state index contributed by atoms with van der Waals surface area (Å²) in [6.45, 7) is 0.749. The molecule has 1 aromatic heterocycles. The molecular weight excluding hydrogens is 206 g/mol. The van der Waals surface area contributed by atoms with Gasteiger partial charge in [-0.3, -0.25) is 0 Å². The lowest BCUT2D eigenvalue weighted by atomic mass is 10.1. The molecule has 2 heterocycles. The van der Waals surface area contributed by atoms with Gasteiger partial charge in [0, 0.05) is 17.5 Å². The number of benzene rings is 1. The first kappa shape index (κ1) is 8.61. The molecule has 0 fully saturated rings. The molecule has 74 valence electrons. The normalized spacial score (nSPS) is 14.3. The van der Waals surface area contributed by atoms with Crippen LogP contribution in [0.25, 0.3) is 10.9 Å². The number of anilines is 1. The van der Waals surface area contributed by atoms with E-state index in [9.17, 15) is 0 Å². The molecule has 1 aliphatic heterocycles. The molecule has 0 saturated carbocycles. The maximum Gasteiger partial charge on any atom is 0.172 e. The summed E-state index contributed by atoms with van der Waals surface area (Å²) in [7, 11) is 0. The van der Waals surface area contributed by atoms with Crippen LogP contribution in [-0.2, 0) is 6.54 Å². The Morgan fingerprint density at radius 2 is 2.13 bits per heavy atom. The predicted octanol–water partition coefficient (Wildman–Crippen LogP) is 2.03. The molecule has 0 unspecified atom stereocenters. The summed E-state index contributed by atoms with van der Waals surface area (Å²) in [6.07, 6.45) is 0. The van der Waals surface area contributed by atoms with Gasteiger partial charge in [-0.25, -0.2) is 4.98 Å². The summed E-state index contributed by atoms with van der Waals surface area (Å²) in [5, 5.41) is 7.95. The zero-order valence-electron chi connectivity index (χ0n) is 7.95. The number of hydrogen-bond acceptors (Lipinski definition) is 2. The highest BCUT2D eigenvalue weighted by atomic mass is 32.1. The molecule has 2 N–H and O–H groups in total. The number of aromatic nitrogens is 1. The molecule has 3 rings (SSSR count). The zero-order chi connectivity index (χ0) is 10.3. The van der Waals surface area contributed by atoms with Gasteiger partial charge in [0.1, 0.15) is 5.82 Å². The molecule has 1 aliphatic rings. The van der Waals surface area contributed by atoms with Crippen molar-refractivity contribution in [2.24, 2.45) is 0 Å². The van der Waals surface area contributed by atoms with Crippen LogP contribution in [0.5, 0.6) is 0 Å². The van der Waals surface area contributed by atoms with Crippen molar-refractivity contribution in [3.63, 3.8) is 0 Å². The van der Waals surface area contributed by atoms with Crippen LogP contribution < -0.4 is 10.6 Å². The fourth-order valence-corrected chi connectivity index (χ4v) is 1.90. The summed E-state index contributed by atoms with van der Waals surface area (Å²) in [5.74, 6) is 0.873. The van der Waals surface area contributed by atoms with Crippen molar-refractivity contribution in [2.75, 3.05) is 5.32 Å². The molecule has 0 amide bonds. The summed E-state index contributed by atoms with van der Waals surface area (Å²) in [5.41, 5.74) is 2.15. The number of thiocarbonyl (C=S) groups is 1. The van der Waals surface area contributed by atoms with Crippen molar-refractivity contribution in [1.29, 1.82) is 0 Å². The molecule has 3 nitrogen and oxygen atoms in total. The quantitative estimate of drug-likeness (QED) is 0.659. The third kappa shape index (κ3) is 1.43. The minimum Gasteiger partial charge on any atom is -0.358 e. The first-order chi connectivity index (χ1) is 7.33. The van der Waals surface area contributed by atoms with Crippen molar-refractivity contribution in [2.45, 2.75) is 6.54 Å².